The molecule has 0 heterocycles. The van der Waals surface area contributed by atoms with Gasteiger partial charge in [0.2, 0.25) is 0 Å². The van der Waals surface area contributed by atoms with Gasteiger partial charge in [0, 0.05) is 17.1 Å². The summed E-state index contributed by atoms with van der Waals surface area (Å²) in [5.41, 5.74) is 1.39. The Hall–Kier alpha value is -1.76. The Bertz CT molecular complexity index is 994. The van der Waals surface area contributed by atoms with E-state index in [1.165, 1.54) is 23.1 Å². The van der Waals surface area contributed by atoms with Gasteiger partial charge < -0.3 is 4.90 Å². The van der Waals surface area contributed by atoms with Gasteiger partial charge >= 0.3 is 0 Å². The lowest BCUT2D eigenvalue weighted by molar-refractivity contribution is 1.36. The Kier molecular flexibility index (Phi) is 6.66. The van der Waals surface area contributed by atoms with Crippen LogP contribution in [0.25, 0.3) is 0 Å². The highest BCUT2D eigenvalue weighted by atomic mass is 15.2. The molecule has 0 saturated carbocycles. The summed E-state index contributed by atoms with van der Waals surface area (Å²) >= 11 is 0. The Morgan fingerprint density at radius 3 is 0.645 bits per heavy atom. The van der Waals surface area contributed by atoms with Crippen molar-refractivity contribution in [2.75, 3.05) is 4.90 Å². The lowest BCUT2D eigenvalue weighted by atomic mass is 9.65. The number of hydrogen-bond donors (Lipinski definition) is 0. The predicted octanol–water partition coefficient (Wildman–Crippen LogP) is -9.32. The minimum absolute atomic E-state index is 0.0475. The van der Waals surface area contributed by atoms with Gasteiger partial charge in [0.25, 0.3) is 0 Å². The van der Waals surface area contributed by atoms with Crippen molar-refractivity contribution in [3.63, 3.8) is 0 Å². The molecule has 3 aromatic rings. The van der Waals surface area contributed by atoms with Gasteiger partial charge in [-0.05, 0) is 0 Å². The Morgan fingerprint density at radius 1 is 0.323 bits per heavy atom. The van der Waals surface area contributed by atoms with Crippen molar-refractivity contribution in [2.45, 2.75) is 0 Å². The van der Waals surface area contributed by atoms with Crippen LogP contribution in [0.4, 0.5) is 17.1 Å². The first-order chi connectivity index (χ1) is 14.4. The fraction of sp³-hybridized carbons (Fsp3) is 0. The van der Waals surface area contributed by atoms with Gasteiger partial charge in [-0.15, -0.1) is 32.8 Å². The van der Waals surface area contributed by atoms with Gasteiger partial charge in [-0.1, -0.05) is 51.0 Å². The van der Waals surface area contributed by atoms with E-state index in [0.29, 0.717) is 0 Å². The fourth-order valence-electron chi connectivity index (χ4n) is 3.28. The summed E-state index contributed by atoms with van der Waals surface area (Å²) in [7, 11) is 74.0. The molecular formula is C18H3B12N. The van der Waals surface area contributed by atoms with Crippen molar-refractivity contribution < 1.29 is 0 Å². The minimum Gasteiger partial charge on any atom is -0.314 e. The molecule has 0 spiro atoms. The van der Waals surface area contributed by atoms with Crippen LogP contribution in [-0.4, -0.2) is 94.2 Å². The van der Waals surface area contributed by atoms with E-state index in [1.807, 2.05) is 0 Å². The smallest absolute Gasteiger partial charge is 0.115 e. The van der Waals surface area contributed by atoms with Crippen molar-refractivity contribution in [1.82, 2.24) is 0 Å². The number of benzene rings is 3. The third-order valence-electron chi connectivity index (χ3n) is 5.00. The minimum atomic E-state index is 0.0475. The summed E-state index contributed by atoms with van der Waals surface area (Å²) < 4.78 is 0. The second kappa shape index (κ2) is 8.64. The average molecular weight is 363 g/mol. The highest BCUT2D eigenvalue weighted by Crippen LogP contribution is 2.25. The summed E-state index contributed by atoms with van der Waals surface area (Å²) in [6.07, 6.45) is 0. The topological polar surface area (TPSA) is 3.24 Å². The maximum atomic E-state index is 6.29. The molecule has 1 nitrogen and oxygen atoms in total. The molecule has 31 heavy (non-hydrogen) atoms. The van der Waals surface area contributed by atoms with Crippen LogP contribution < -0.4 is 70.5 Å². The van der Waals surface area contributed by atoms with E-state index in [0.717, 1.165) is 0 Å². The van der Waals surface area contributed by atoms with Crippen molar-refractivity contribution in [3.05, 3.63) is 18.2 Å². The van der Waals surface area contributed by atoms with E-state index in [9.17, 15) is 0 Å². The van der Waals surface area contributed by atoms with Crippen molar-refractivity contribution in [2.24, 2.45) is 0 Å². The SMILES string of the molecule is [B]c1cc([B])c([B])c(N(c2c([B])c([B])cc([B])c2[B])c2c([B])c([B])cc([B])c2[B])c1[B]. The van der Waals surface area contributed by atoms with Crippen molar-refractivity contribution >= 4 is 177 Å². The molecule has 0 N–H and O–H groups in total. The molecule has 13 heteroatoms. The highest BCUT2D eigenvalue weighted by Gasteiger charge is 2.25. The van der Waals surface area contributed by atoms with E-state index in [4.69, 9.17) is 94.2 Å². The van der Waals surface area contributed by atoms with Crippen LogP contribution >= 0.6 is 0 Å². The van der Waals surface area contributed by atoms with Gasteiger partial charge in [0.15, 0.2) is 0 Å². The fourth-order valence-corrected chi connectivity index (χ4v) is 3.28. The lowest BCUT2D eigenvalue weighted by Crippen LogP contribution is -2.52. The van der Waals surface area contributed by atoms with Crippen molar-refractivity contribution in [3.8, 4) is 0 Å². The quantitative estimate of drug-likeness (QED) is 0.418. The van der Waals surface area contributed by atoms with Crippen LogP contribution in [0.3, 0.4) is 0 Å². The van der Waals surface area contributed by atoms with Crippen LogP contribution in [0.1, 0.15) is 0 Å². The van der Waals surface area contributed by atoms with Gasteiger partial charge in [-0.3, -0.25) is 0 Å². The maximum Gasteiger partial charge on any atom is 0.115 e. The number of hydrogen-bond acceptors (Lipinski definition) is 1. The third kappa shape index (κ3) is 3.94. The van der Waals surface area contributed by atoms with Gasteiger partial charge in [-0.2, -0.15) is 0 Å². The van der Waals surface area contributed by atoms with Gasteiger partial charge in [0.05, 0.1) is 0 Å². The second-order valence-electron chi connectivity index (χ2n) is 7.03. The standard InChI is InChI=1S/C18H3B12N/c19-4-1-5(20)11(26)16(10(4)25)31(17-12(27)6(21)2-7(22)13(17)28)18-14(29)8(23)3-9(24)15(18)30/h1-3H. The Balaban J connectivity index is 2.61. The molecule has 0 saturated heterocycles. The van der Waals surface area contributed by atoms with Crippen LogP contribution in [0.2, 0.25) is 0 Å². The zero-order chi connectivity index (χ0) is 23.4. The van der Waals surface area contributed by atoms with Crippen molar-refractivity contribution in [1.29, 1.82) is 0 Å². The zero-order valence-corrected chi connectivity index (χ0v) is 16.6. The number of anilines is 3. The van der Waals surface area contributed by atoms with E-state index >= 15 is 0 Å². The summed E-state index contributed by atoms with van der Waals surface area (Å²) in [6, 6.07) is 4.23. The molecule has 24 radical (unpaired) electrons. The van der Waals surface area contributed by atoms with E-state index in [-0.39, 0.29) is 82.6 Å². The summed E-state index contributed by atoms with van der Waals surface area (Å²) in [5.74, 6) is 0. The number of nitrogens with zero attached hydrogens (tertiary/aromatic N) is 1. The van der Waals surface area contributed by atoms with Gasteiger partial charge in [-0.25, -0.2) is 0 Å². The molecule has 0 aliphatic heterocycles. The summed E-state index contributed by atoms with van der Waals surface area (Å²) in [6.45, 7) is 0. The molecule has 0 unspecified atom stereocenters. The molecule has 0 amide bonds. The lowest BCUT2D eigenvalue weighted by Gasteiger charge is -2.38. The first kappa shape index (κ1) is 23.9. The molecule has 3 rings (SSSR count). The highest BCUT2D eigenvalue weighted by molar-refractivity contribution is 6.64. The maximum absolute atomic E-state index is 6.29. The second-order valence-corrected chi connectivity index (χ2v) is 7.03. The van der Waals surface area contributed by atoms with Gasteiger partial charge in [0.1, 0.15) is 94.2 Å². The molecule has 0 bridgehead atoms. The zero-order valence-electron chi connectivity index (χ0n) is 16.6. The molecular weight excluding hydrogens is 360 g/mol. The summed E-state index contributed by atoms with van der Waals surface area (Å²) in [4.78, 5) is 1.37. The predicted molar refractivity (Wildman–Crippen MR) is 146 cm³/mol. The molecule has 3 aromatic carbocycles. The molecule has 0 aliphatic rings. The first-order valence-corrected chi connectivity index (χ1v) is 8.87. The molecule has 0 aliphatic carbocycles. The third-order valence-corrected chi connectivity index (χ3v) is 5.00. The first-order valence-electron chi connectivity index (χ1n) is 8.87. The molecule has 0 aromatic heterocycles. The van der Waals surface area contributed by atoms with E-state index in [2.05, 4.69) is 0 Å². The summed E-state index contributed by atoms with van der Waals surface area (Å²) in [5, 5.41) is 0. The van der Waals surface area contributed by atoms with Crippen LogP contribution in [0.5, 0.6) is 0 Å². The van der Waals surface area contributed by atoms with Crippen LogP contribution in [0, 0.1) is 0 Å². The Morgan fingerprint density at radius 2 is 0.484 bits per heavy atom. The van der Waals surface area contributed by atoms with E-state index < -0.39 is 0 Å². The normalized spacial score (nSPS) is 10.8. The Labute approximate surface area is 199 Å². The molecule has 0 fully saturated rings. The molecule has 0 atom stereocenters. The van der Waals surface area contributed by atoms with Crippen LogP contribution in [-0.2, 0) is 0 Å². The average Bonchev–Trinajstić information content (AvgIpc) is 2.69. The monoisotopic (exact) mass is 365 g/mol. The molecule has 116 valence electrons. The largest absolute Gasteiger partial charge is 0.314 e. The number of rotatable bonds is 3. The van der Waals surface area contributed by atoms with E-state index in [1.54, 1.807) is 0 Å². The van der Waals surface area contributed by atoms with Crippen LogP contribution in [0.15, 0.2) is 18.2 Å².